The zero-order valence-electron chi connectivity index (χ0n) is 23.3. The van der Waals surface area contributed by atoms with Crippen LogP contribution in [0.3, 0.4) is 0 Å². The van der Waals surface area contributed by atoms with E-state index < -0.39 is 11.8 Å². The van der Waals surface area contributed by atoms with Gasteiger partial charge in [0.25, 0.3) is 5.91 Å². The number of nitrogens with zero attached hydrogens (tertiary/aromatic N) is 5. The van der Waals surface area contributed by atoms with E-state index in [-0.39, 0.29) is 34.9 Å². The zero-order chi connectivity index (χ0) is 28.7. The predicted octanol–water partition coefficient (Wildman–Crippen LogP) is 6.18. The molecule has 3 heterocycles. The molecule has 0 radical (unpaired) electrons. The van der Waals surface area contributed by atoms with Crippen molar-refractivity contribution in [2.45, 2.75) is 63.3 Å². The second kappa shape index (κ2) is 11.0. The molecule has 3 atom stereocenters. The lowest BCUT2D eigenvalue weighted by atomic mass is 9.96. The molecule has 0 spiro atoms. The topological polar surface area (TPSA) is 93.2 Å². The maximum absolute atomic E-state index is 16.0. The van der Waals surface area contributed by atoms with E-state index in [1.165, 1.54) is 0 Å². The van der Waals surface area contributed by atoms with Crippen LogP contribution in [0.5, 0.6) is 0 Å². The molecule has 1 aliphatic carbocycles. The molecule has 1 aliphatic heterocycles. The number of aromatic carboxylic acids is 1. The number of amides is 1. The van der Waals surface area contributed by atoms with Crippen LogP contribution in [-0.2, 0) is 7.05 Å². The Morgan fingerprint density at radius 1 is 1.07 bits per heavy atom. The molecule has 4 aromatic rings. The van der Waals surface area contributed by atoms with Gasteiger partial charge in [-0.1, -0.05) is 42.8 Å². The van der Waals surface area contributed by atoms with Gasteiger partial charge in [-0.05, 0) is 61.9 Å². The summed E-state index contributed by atoms with van der Waals surface area (Å²) in [7, 11) is 1.81. The highest BCUT2D eigenvalue weighted by atomic mass is 19.1. The number of aryl methyl sites for hydroxylation is 1. The SMILES string of the molecule is CCCC1CCCCN1C(=O)c1cccc(-c2cccc(-n3ccc(C(=O)O)c3[C@@H]3C[C@H]3c3cn(C)nn3)c2)c1F. The predicted molar refractivity (Wildman–Crippen MR) is 153 cm³/mol. The van der Waals surface area contributed by atoms with Gasteiger partial charge in [-0.3, -0.25) is 9.48 Å². The Bertz CT molecular complexity index is 1610. The monoisotopic (exact) mass is 555 g/mol. The van der Waals surface area contributed by atoms with E-state index in [1.54, 1.807) is 35.1 Å². The van der Waals surface area contributed by atoms with Crippen molar-refractivity contribution in [3.63, 3.8) is 0 Å². The Labute approximate surface area is 238 Å². The maximum Gasteiger partial charge on any atom is 0.337 e. The molecule has 2 fully saturated rings. The summed E-state index contributed by atoms with van der Waals surface area (Å²) in [4.78, 5) is 27.5. The van der Waals surface area contributed by atoms with E-state index in [0.29, 0.717) is 23.4 Å². The highest BCUT2D eigenvalue weighted by molar-refractivity contribution is 5.96. The molecule has 1 saturated heterocycles. The molecule has 2 aliphatic rings. The highest BCUT2D eigenvalue weighted by Crippen LogP contribution is 2.55. The third kappa shape index (κ3) is 5.05. The van der Waals surface area contributed by atoms with Crippen molar-refractivity contribution in [2.24, 2.45) is 7.05 Å². The highest BCUT2D eigenvalue weighted by Gasteiger charge is 2.45. The van der Waals surface area contributed by atoms with Crippen LogP contribution in [0.2, 0.25) is 0 Å². The van der Waals surface area contributed by atoms with E-state index in [1.807, 2.05) is 47.0 Å². The normalized spacial score (nSPS) is 20.3. The number of halogens is 1. The number of aromatic nitrogens is 4. The second-order valence-corrected chi connectivity index (χ2v) is 11.2. The third-order valence-corrected chi connectivity index (χ3v) is 8.47. The number of likely N-dealkylation sites (tertiary alicyclic amines) is 1. The first kappa shape index (κ1) is 26.9. The van der Waals surface area contributed by atoms with Gasteiger partial charge in [0.2, 0.25) is 0 Å². The van der Waals surface area contributed by atoms with Crippen LogP contribution >= 0.6 is 0 Å². The minimum Gasteiger partial charge on any atom is -0.478 e. The molecule has 1 unspecified atom stereocenters. The van der Waals surface area contributed by atoms with E-state index in [2.05, 4.69) is 17.2 Å². The molecule has 1 amide bonds. The van der Waals surface area contributed by atoms with Gasteiger partial charge in [0.15, 0.2) is 0 Å². The van der Waals surface area contributed by atoms with E-state index in [9.17, 15) is 14.7 Å². The van der Waals surface area contributed by atoms with E-state index >= 15 is 4.39 Å². The van der Waals surface area contributed by atoms with Gasteiger partial charge in [0, 0.05) is 60.8 Å². The first-order valence-corrected chi connectivity index (χ1v) is 14.4. The van der Waals surface area contributed by atoms with Crippen molar-refractivity contribution < 1.29 is 19.1 Å². The van der Waals surface area contributed by atoms with Crippen molar-refractivity contribution >= 4 is 11.9 Å². The maximum atomic E-state index is 16.0. The molecule has 8 nitrogen and oxygen atoms in total. The molecule has 0 bridgehead atoms. The Morgan fingerprint density at radius 2 is 1.90 bits per heavy atom. The van der Waals surface area contributed by atoms with Gasteiger partial charge in [-0.2, -0.15) is 0 Å². The van der Waals surface area contributed by atoms with Crippen molar-refractivity contribution in [3.8, 4) is 16.8 Å². The number of carbonyl (C=O) groups excluding carboxylic acids is 1. The average molecular weight is 556 g/mol. The number of hydrogen-bond donors (Lipinski definition) is 1. The van der Waals surface area contributed by atoms with Crippen LogP contribution in [-0.4, -0.2) is 54.0 Å². The number of piperidine rings is 1. The number of hydrogen-bond acceptors (Lipinski definition) is 4. The lowest BCUT2D eigenvalue weighted by molar-refractivity contribution is 0.0595. The van der Waals surface area contributed by atoms with Crippen molar-refractivity contribution in [1.29, 1.82) is 0 Å². The number of carbonyl (C=O) groups is 2. The summed E-state index contributed by atoms with van der Waals surface area (Å²) in [6, 6.07) is 14.1. The number of benzene rings is 2. The minimum absolute atomic E-state index is 0.0187. The van der Waals surface area contributed by atoms with Crippen LogP contribution in [0.4, 0.5) is 4.39 Å². The number of rotatable bonds is 8. The van der Waals surface area contributed by atoms with Crippen molar-refractivity contribution in [1.82, 2.24) is 24.5 Å². The smallest absolute Gasteiger partial charge is 0.337 e. The van der Waals surface area contributed by atoms with Gasteiger partial charge in [0.1, 0.15) is 5.82 Å². The Kier molecular flexibility index (Phi) is 7.19. The summed E-state index contributed by atoms with van der Waals surface area (Å²) in [5.41, 5.74) is 3.57. The fraction of sp³-hybridized carbons (Fsp3) is 0.375. The molecule has 212 valence electrons. The Hall–Kier alpha value is -4.27. The summed E-state index contributed by atoms with van der Waals surface area (Å²) in [6.45, 7) is 2.77. The van der Waals surface area contributed by atoms with Crippen LogP contribution in [0.1, 0.15) is 89.4 Å². The van der Waals surface area contributed by atoms with Gasteiger partial charge in [-0.25, -0.2) is 9.18 Å². The van der Waals surface area contributed by atoms with Crippen molar-refractivity contribution in [2.75, 3.05) is 6.54 Å². The molecule has 41 heavy (non-hydrogen) atoms. The number of carboxylic acid groups (broad SMARTS) is 1. The molecular weight excluding hydrogens is 521 g/mol. The molecule has 6 rings (SSSR count). The fourth-order valence-electron chi connectivity index (χ4n) is 6.39. The standard InChI is InChI=1S/C32H34FN5O3/c1-3-8-21-10-4-5-15-38(21)31(39)24-13-7-12-23(29(24)33)20-9-6-11-22(17-20)37-16-14-25(32(40)41)30(37)27-18-26(27)28-19-36(2)35-34-28/h6-7,9,11-14,16-17,19,21,26-27H,3-5,8,10,15,18H2,1-2H3,(H,40,41)/t21?,26-,27-/m1/s1. The van der Waals surface area contributed by atoms with Gasteiger partial charge >= 0.3 is 5.97 Å². The molecule has 1 saturated carbocycles. The lowest BCUT2D eigenvalue weighted by Gasteiger charge is -2.36. The lowest BCUT2D eigenvalue weighted by Crippen LogP contribution is -2.44. The van der Waals surface area contributed by atoms with E-state index in [4.69, 9.17) is 0 Å². The molecule has 1 N–H and O–H groups in total. The Balaban J connectivity index is 1.34. The van der Waals surface area contributed by atoms with E-state index in [0.717, 1.165) is 49.9 Å². The third-order valence-electron chi connectivity index (χ3n) is 8.47. The minimum atomic E-state index is -0.990. The van der Waals surface area contributed by atoms with Crippen LogP contribution in [0.25, 0.3) is 16.8 Å². The molecule has 2 aromatic heterocycles. The largest absolute Gasteiger partial charge is 0.478 e. The van der Waals surface area contributed by atoms with Crippen LogP contribution in [0.15, 0.2) is 60.9 Å². The van der Waals surface area contributed by atoms with Gasteiger partial charge in [-0.15, -0.1) is 5.10 Å². The van der Waals surface area contributed by atoms with Crippen LogP contribution < -0.4 is 0 Å². The summed E-state index contributed by atoms with van der Waals surface area (Å²) >= 11 is 0. The summed E-state index contributed by atoms with van der Waals surface area (Å²) in [5.74, 6) is -1.70. The average Bonchev–Trinajstić information content (AvgIpc) is 3.42. The molecular formula is C32H34FN5O3. The second-order valence-electron chi connectivity index (χ2n) is 11.2. The summed E-state index contributed by atoms with van der Waals surface area (Å²) in [6.07, 6.45) is 9.28. The van der Waals surface area contributed by atoms with Gasteiger partial charge in [0.05, 0.1) is 16.8 Å². The summed E-state index contributed by atoms with van der Waals surface area (Å²) < 4.78 is 19.6. The zero-order valence-corrected chi connectivity index (χ0v) is 23.3. The molecule has 2 aromatic carbocycles. The number of carboxylic acids is 1. The van der Waals surface area contributed by atoms with Crippen molar-refractivity contribution in [3.05, 3.63) is 89.3 Å². The van der Waals surface area contributed by atoms with Crippen LogP contribution in [0, 0.1) is 5.82 Å². The summed E-state index contributed by atoms with van der Waals surface area (Å²) in [5, 5.41) is 18.2. The quantitative estimate of drug-likeness (QED) is 0.280. The Morgan fingerprint density at radius 3 is 2.66 bits per heavy atom. The van der Waals surface area contributed by atoms with Gasteiger partial charge < -0.3 is 14.6 Å². The first-order chi connectivity index (χ1) is 19.9. The first-order valence-electron chi connectivity index (χ1n) is 14.4. The fourth-order valence-corrected chi connectivity index (χ4v) is 6.39. The molecule has 9 heteroatoms.